The molecular weight excluding hydrogens is 674 g/mol. The van der Waals surface area contributed by atoms with E-state index in [2.05, 4.69) is 203 Å². The van der Waals surface area contributed by atoms with Gasteiger partial charge in [0.2, 0.25) is 0 Å². The first-order valence-corrected chi connectivity index (χ1v) is 19.1. The Hall–Kier alpha value is -7.39. The highest BCUT2D eigenvalue weighted by Crippen LogP contribution is 2.42. The molecule has 2 nitrogen and oxygen atoms in total. The largest absolute Gasteiger partial charge is 0.370 e. The number of hydrogen-bond acceptors (Lipinski definition) is 2. The molecule has 0 saturated heterocycles. The minimum absolute atomic E-state index is 0.00793. The van der Waals surface area contributed by atoms with Crippen molar-refractivity contribution >= 4 is 24.8 Å². The number of fused-ring (bicyclic) bond motifs is 6. The Kier molecular flexibility index (Phi) is 8.57. The van der Waals surface area contributed by atoms with E-state index in [4.69, 9.17) is 0 Å². The highest BCUT2D eigenvalue weighted by molar-refractivity contribution is 6.74. The first kappa shape index (κ1) is 33.2. The molecule has 4 heteroatoms. The van der Waals surface area contributed by atoms with E-state index in [1.807, 2.05) is 36.4 Å². The summed E-state index contributed by atoms with van der Waals surface area (Å²) in [5.41, 5.74) is 16.0. The molecule has 56 heavy (non-hydrogen) atoms. The maximum atomic E-state index is 3.51. The smallest absolute Gasteiger partial charge is 0.321 e. The minimum Gasteiger partial charge on any atom is -0.370 e. The van der Waals surface area contributed by atoms with Gasteiger partial charge < -0.3 is 9.62 Å². The number of nitrogens with zero attached hydrogens (tertiary/aromatic N) is 2. The monoisotopic (exact) mass is 708 g/mol. The molecule has 0 unspecified atom stereocenters. The average Bonchev–Trinajstić information content (AvgIpc) is 3.27. The molecule has 0 aliphatic carbocycles. The molecular formula is C52H34B2N2. The molecule has 0 bridgehead atoms. The van der Waals surface area contributed by atoms with Gasteiger partial charge in [-0.1, -0.05) is 157 Å². The summed E-state index contributed by atoms with van der Waals surface area (Å²) < 4.78 is 0. The molecule has 0 spiro atoms. The molecule has 0 radical (unpaired) electrons. The second-order valence-electron chi connectivity index (χ2n) is 14.2. The summed E-state index contributed by atoms with van der Waals surface area (Å²) in [7, 11) is 0. The van der Waals surface area contributed by atoms with Crippen LogP contribution in [-0.4, -0.2) is 23.3 Å². The molecule has 258 valence electrons. The molecule has 0 saturated carbocycles. The summed E-state index contributed by atoms with van der Waals surface area (Å²) in [6, 6.07) is 41.9. The predicted molar refractivity (Wildman–Crippen MR) is 234 cm³/mol. The molecule has 0 N–H and O–H groups in total. The summed E-state index contributed by atoms with van der Waals surface area (Å²) in [6.07, 6.45) is 26.9. The van der Waals surface area contributed by atoms with Crippen molar-refractivity contribution in [2.45, 2.75) is 0 Å². The van der Waals surface area contributed by atoms with Gasteiger partial charge in [0.25, 0.3) is 0 Å². The molecule has 4 aromatic rings. The fourth-order valence-corrected chi connectivity index (χ4v) is 8.13. The topological polar surface area (TPSA) is 6.48 Å². The van der Waals surface area contributed by atoms with Crippen LogP contribution in [0.5, 0.6) is 0 Å². The van der Waals surface area contributed by atoms with Crippen molar-refractivity contribution in [3.8, 4) is 23.7 Å². The molecule has 0 aromatic heterocycles. The van der Waals surface area contributed by atoms with Gasteiger partial charge >= 0.3 is 13.7 Å². The van der Waals surface area contributed by atoms with E-state index in [1.54, 1.807) is 0 Å². The van der Waals surface area contributed by atoms with Crippen LogP contribution in [0.4, 0.5) is 0 Å². The zero-order chi connectivity index (χ0) is 37.3. The van der Waals surface area contributed by atoms with Gasteiger partial charge in [0, 0.05) is 22.5 Å². The van der Waals surface area contributed by atoms with Gasteiger partial charge in [-0.05, 0) is 117 Å². The number of hydrogen-bond donors (Lipinski definition) is 0. The fourth-order valence-electron chi connectivity index (χ4n) is 8.13. The lowest BCUT2D eigenvalue weighted by Gasteiger charge is -2.40. The van der Waals surface area contributed by atoms with Crippen LogP contribution in [0.3, 0.4) is 0 Å². The van der Waals surface area contributed by atoms with Crippen LogP contribution >= 0.6 is 0 Å². The molecule has 0 atom stereocenters. The van der Waals surface area contributed by atoms with Gasteiger partial charge in [-0.3, -0.25) is 0 Å². The Morgan fingerprint density at radius 1 is 0.393 bits per heavy atom. The van der Waals surface area contributed by atoms with E-state index in [-0.39, 0.29) is 13.7 Å². The summed E-state index contributed by atoms with van der Waals surface area (Å²) in [5.74, 6) is 18.5. The third-order valence-electron chi connectivity index (χ3n) is 10.8. The number of benzene rings is 4. The zero-order valence-electron chi connectivity index (χ0n) is 30.7. The van der Waals surface area contributed by atoms with Crippen LogP contribution in [0.15, 0.2) is 251 Å². The van der Waals surface area contributed by atoms with E-state index < -0.39 is 0 Å². The Labute approximate surface area is 330 Å². The fraction of sp³-hybridized carbons (Fsp3) is 0. The number of rotatable bonds is 3. The highest BCUT2D eigenvalue weighted by Gasteiger charge is 2.38. The molecule has 4 aromatic carbocycles. The van der Waals surface area contributed by atoms with Crippen LogP contribution in [-0.2, 0) is 0 Å². The second-order valence-corrected chi connectivity index (χ2v) is 14.2. The average molecular weight is 708 g/mol. The van der Waals surface area contributed by atoms with Crippen molar-refractivity contribution in [1.29, 1.82) is 0 Å². The summed E-state index contributed by atoms with van der Waals surface area (Å²) in [5, 5.41) is 0. The van der Waals surface area contributed by atoms with Gasteiger partial charge in [-0.2, -0.15) is 0 Å². The van der Waals surface area contributed by atoms with Gasteiger partial charge in [-0.15, -0.1) is 0 Å². The van der Waals surface area contributed by atoms with Crippen molar-refractivity contribution in [3.05, 3.63) is 273 Å². The van der Waals surface area contributed by atoms with Crippen molar-refractivity contribution < 1.29 is 0 Å². The standard InChI is InChI=1S/C52H34B2N2/c1-5-15-39(16-6-1)27-29-45-23-13-25-47-37-49(41-19-9-3-10-20-41)51-35-43(31-33-53(51)55(45)47)44-32-34-54-52(36-44)50(42-21-11-4-12-22-42)38-48-26-14-24-46(56(48)54)30-28-40-17-7-2-8-18-40/h1-26,31-38H. The summed E-state index contributed by atoms with van der Waals surface area (Å²) in [4.78, 5) is 4.75. The maximum absolute atomic E-state index is 3.51. The van der Waals surface area contributed by atoms with Crippen molar-refractivity contribution in [1.82, 2.24) is 9.62 Å². The van der Waals surface area contributed by atoms with E-state index in [0.29, 0.717) is 0 Å². The summed E-state index contributed by atoms with van der Waals surface area (Å²) in [6.45, 7) is -0.0159. The molecule has 0 fully saturated rings. The maximum Gasteiger partial charge on any atom is 0.321 e. The van der Waals surface area contributed by atoms with Crippen LogP contribution < -0.4 is 0 Å². The van der Waals surface area contributed by atoms with Crippen molar-refractivity contribution in [3.63, 3.8) is 0 Å². The first-order valence-electron chi connectivity index (χ1n) is 19.1. The lowest BCUT2D eigenvalue weighted by molar-refractivity contribution is 0.699. The third-order valence-corrected chi connectivity index (χ3v) is 10.8. The SMILES string of the molecule is C(#Cc1ccccc1)C1=CC=CC2=CC(c3ccccc3)=C3C=C(C4=CC5=C(c6ccccc6)C=C6C=CC=C(C#Cc7ccccc7)N6B5C=C4)C=CB3N12. The van der Waals surface area contributed by atoms with E-state index in [0.717, 1.165) is 33.9 Å². The minimum atomic E-state index is -0.00793. The Balaban J connectivity index is 1.07. The number of allylic oxidation sites excluding steroid dienone is 20. The van der Waals surface area contributed by atoms with E-state index in [9.17, 15) is 0 Å². The normalized spacial score (nSPS) is 17.4. The van der Waals surface area contributed by atoms with Crippen LogP contribution in [0.1, 0.15) is 22.3 Å². The summed E-state index contributed by atoms with van der Waals surface area (Å²) >= 11 is 0. The van der Waals surface area contributed by atoms with Gasteiger partial charge in [-0.25, -0.2) is 0 Å². The second kappa shape index (κ2) is 14.4. The molecule has 6 heterocycles. The van der Waals surface area contributed by atoms with Gasteiger partial charge in [0.1, 0.15) is 0 Å². The van der Waals surface area contributed by atoms with Crippen molar-refractivity contribution in [2.24, 2.45) is 0 Å². The van der Waals surface area contributed by atoms with Crippen LogP contribution in [0.2, 0.25) is 0 Å². The lowest BCUT2D eigenvalue weighted by Crippen LogP contribution is -2.42. The Morgan fingerprint density at radius 3 is 1.20 bits per heavy atom. The lowest BCUT2D eigenvalue weighted by atomic mass is 9.46. The molecule has 0 amide bonds. The van der Waals surface area contributed by atoms with E-state index in [1.165, 1.54) is 44.4 Å². The van der Waals surface area contributed by atoms with Gasteiger partial charge in [0.05, 0.1) is 11.4 Å². The molecule has 6 aliphatic rings. The van der Waals surface area contributed by atoms with E-state index >= 15 is 0 Å². The Morgan fingerprint density at radius 2 is 0.786 bits per heavy atom. The first-order chi connectivity index (χ1) is 27.8. The highest BCUT2D eigenvalue weighted by atomic mass is 15.1. The van der Waals surface area contributed by atoms with Crippen LogP contribution in [0.25, 0.3) is 11.1 Å². The molecule has 6 aliphatic heterocycles. The van der Waals surface area contributed by atoms with Crippen molar-refractivity contribution in [2.75, 3.05) is 0 Å². The Bertz CT molecular complexity index is 2590. The van der Waals surface area contributed by atoms with Gasteiger partial charge in [0.15, 0.2) is 0 Å². The zero-order valence-corrected chi connectivity index (χ0v) is 30.7. The van der Waals surface area contributed by atoms with Crippen LogP contribution in [0, 0.1) is 23.7 Å². The molecule has 10 rings (SSSR count). The quantitative estimate of drug-likeness (QED) is 0.154. The third kappa shape index (κ3) is 6.24. The predicted octanol–water partition coefficient (Wildman–Crippen LogP) is 10.4.